The predicted octanol–water partition coefficient (Wildman–Crippen LogP) is 3.00. The van der Waals surface area contributed by atoms with E-state index in [1.165, 1.54) is 5.56 Å². The van der Waals surface area contributed by atoms with Gasteiger partial charge in [0.25, 0.3) is 0 Å². The lowest BCUT2D eigenvalue weighted by molar-refractivity contribution is 0.415. The van der Waals surface area contributed by atoms with E-state index in [0.29, 0.717) is 0 Å². The second-order valence-electron chi connectivity index (χ2n) is 5.61. The molecule has 0 saturated heterocycles. The third-order valence-electron chi connectivity index (χ3n) is 4.27. The molecule has 0 bridgehead atoms. The van der Waals surface area contributed by atoms with Gasteiger partial charge in [0.1, 0.15) is 17.9 Å². The van der Waals surface area contributed by atoms with E-state index in [0.717, 1.165) is 39.6 Å². The molecule has 6 nitrogen and oxygen atoms in total. The number of aryl methyl sites for hydroxylation is 2. The van der Waals surface area contributed by atoms with Crippen LogP contribution in [-0.4, -0.2) is 31.3 Å². The minimum absolute atomic E-state index is 0.744. The van der Waals surface area contributed by atoms with E-state index in [4.69, 9.17) is 4.74 Å². The first-order valence-corrected chi connectivity index (χ1v) is 7.44. The number of nitrogens with zero attached hydrogens (tertiary/aromatic N) is 5. The summed E-state index contributed by atoms with van der Waals surface area (Å²) in [6.45, 7) is 6.09. The summed E-state index contributed by atoms with van der Waals surface area (Å²) < 4.78 is 9.13. The lowest BCUT2D eigenvalue weighted by Gasteiger charge is -2.08. The Balaban J connectivity index is 2.06. The molecule has 0 fully saturated rings. The number of benzene rings is 1. The molecule has 0 aliphatic rings. The van der Waals surface area contributed by atoms with E-state index < -0.39 is 0 Å². The smallest absolute Gasteiger partial charge is 0.168 e. The average Bonchev–Trinajstić information content (AvgIpc) is 3.05. The molecule has 0 aliphatic heterocycles. The highest BCUT2D eigenvalue weighted by atomic mass is 16.5. The molecule has 0 amide bonds. The summed E-state index contributed by atoms with van der Waals surface area (Å²) in [6, 6.07) is 7.97. The van der Waals surface area contributed by atoms with E-state index in [9.17, 15) is 0 Å². The van der Waals surface area contributed by atoms with Gasteiger partial charge in [0.2, 0.25) is 0 Å². The molecule has 0 radical (unpaired) electrons. The maximum Gasteiger partial charge on any atom is 0.168 e. The van der Waals surface area contributed by atoms with Crippen molar-refractivity contribution >= 4 is 16.7 Å². The summed E-state index contributed by atoms with van der Waals surface area (Å²) in [5.41, 5.74) is 5.10. The van der Waals surface area contributed by atoms with Crippen molar-refractivity contribution in [3.05, 3.63) is 47.7 Å². The molecule has 3 aromatic heterocycles. The molecular formula is C17H17N5O. The number of aromatic nitrogens is 5. The average molecular weight is 307 g/mol. The maximum absolute atomic E-state index is 5.24. The van der Waals surface area contributed by atoms with Gasteiger partial charge in [-0.2, -0.15) is 5.10 Å². The molecule has 0 atom stereocenters. The first-order valence-electron chi connectivity index (χ1n) is 7.44. The minimum atomic E-state index is 0.744. The highest BCUT2D eigenvalue weighted by molar-refractivity contribution is 5.94. The van der Waals surface area contributed by atoms with Crippen molar-refractivity contribution < 1.29 is 4.74 Å². The Hall–Kier alpha value is -2.89. The Morgan fingerprint density at radius 3 is 2.43 bits per heavy atom. The van der Waals surface area contributed by atoms with Crippen molar-refractivity contribution in [2.24, 2.45) is 0 Å². The van der Waals surface area contributed by atoms with Gasteiger partial charge in [0.05, 0.1) is 12.5 Å². The summed E-state index contributed by atoms with van der Waals surface area (Å²) in [6.07, 6.45) is 1.72. The summed E-state index contributed by atoms with van der Waals surface area (Å²) in [7, 11) is 1.67. The van der Waals surface area contributed by atoms with Gasteiger partial charge in [-0.15, -0.1) is 0 Å². The molecule has 0 unspecified atom stereocenters. The van der Waals surface area contributed by atoms with Gasteiger partial charge in [0, 0.05) is 11.4 Å². The van der Waals surface area contributed by atoms with E-state index >= 15 is 0 Å². The monoisotopic (exact) mass is 307 g/mol. The van der Waals surface area contributed by atoms with Crippen LogP contribution in [0.5, 0.6) is 5.75 Å². The lowest BCUT2D eigenvalue weighted by atomic mass is 10.2. The number of rotatable bonds is 2. The molecule has 6 heteroatoms. The molecular weight excluding hydrogens is 290 g/mol. The fourth-order valence-corrected chi connectivity index (χ4v) is 3.01. The lowest BCUT2D eigenvalue weighted by Crippen LogP contribution is -1.99. The molecule has 4 aromatic rings. The van der Waals surface area contributed by atoms with Gasteiger partial charge >= 0.3 is 0 Å². The van der Waals surface area contributed by atoms with Gasteiger partial charge in [-0.1, -0.05) is 0 Å². The SMILES string of the molecule is COc1ccc(-n2c(C)c(C)c3c2ncn2nc(C)nc32)cc1. The van der Waals surface area contributed by atoms with Crippen molar-refractivity contribution in [1.82, 2.24) is 24.1 Å². The largest absolute Gasteiger partial charge is 0.497 e. The van der Waals surface area contributed by atoms with Gasteiger partial charge in [-0.3, -0.25) is 4.57 Å². The molecule has 3 heterocycles. The fraction of sp³-hybridized carbons (Fsp3) is 0.235. The van der Waals surface area contributed by atoms with E-state index in [1.54, 1.807) is 18.0 Å². The third-order valence-corrected chi connectivity index (χ3v) is 4.27. The van der Waals surface area contributed by atoms with E-state index in [2.05, 4.69) is 33.5 Å². The zero-order valence-corrected chi connectivity index (χ0v) is 13.5. The highest BCUT2D eigenvalue weighted by Crippen LogP contribution is 2.30. The van der Waals surface area contributed by atoms with Crippen molar-refractivity contribution in [3.8, 4) is 11.4 Å². The normalized spacial score (nSPS) is 11.5. The van der Waals surface area contributed by atoms with E-state index in [-0.39, 0.29) is 0 Å². The van der Waals surface area contributed by atoms with Crippen molar-refractivity contribution in [2.45, 2.75) is 20.8 Å². The second-order valence-corrected chi connectivity index (χ2v) is 5.61. The molecule has 23 heavy (non-hydrogen) atoms. The topological polar surface area (TPSA) is 57.2 Å². The fourth-order valence-electron chi connectivity index (χ4n) is 3.01. The zero-order chi connectivity index (χ0) is 16.1. The summed E-state index contributed by atoms with van der Waals surface area (Å²) >= 11 is 0. The van der Waals surface area contributed by atoms with Gasteiger partial charge in [-0.05, 0) is 50.6 Å². The number of methoxy groups -OCH3 is 1. The number of ether oxygens (including phenoxy) is 1. The van der Waals surface area contributed by atoms with Crippen LogP contribution in [0.2, 0.25) is 0 Å². The van der Waals surface area contributed by atoms with Gasteiger partial charge < -0.3 is 4.74 Å². The van der Waals surface area contributed by atoms with Crippen LogP contribution in [0.1, 0.15) is 17.1 Å². The summed E-state index contributed by atoms with van der Waals surface area (Å²) in [5, 5.41) is 5.40. The first-order chi connectivity index (χ1) is 11.1. The highest BCUT2D eigenvalue weighted by Gasteiger charge is 2.18. The minimum Gasteiger partial charge on any atom is -0.497 e. The maximum atomic E-state index is 5.24. The Bertz CT molecular complexity index is 1030. The number of hydrogen-bond acceptors (Lipinski definition) is 4. The molecule has 0 spiro atoms. The van der Waals surface area contributed by atoms with Crippen LogP contribution in [0, 0.1) is 20.8 Å². The third kappa shape index (κ3) is 1.91. The van der Waals surface area contributed by atoms with Crippen molar-refractivity contribution in [2.75, 3.05) is 7.11 Å². The van der Waals surface area contributed by atoms with Crippen LogP contribution in [0.15, 0.2) is 30.6 Å². The van der Waals surface area contributed by atoms with Crippen LogP contribution in [0.4, 0.5) is 0 Å². The zero-order valence-electron chi connectivity index (χ0n) is 13.5. The first kappa shape index (κ1) is 13.8. The molecule has 0 saturated carbocycles. The quantitative estimate of drug-likeness (QED) is 0.571. The number of hydrogen-bond donors (Lipinski definition) is 0. The van der Waals surface area contributed by atoms with Crippen LogP contribution >= 0.6 is 0 Å². The van der Waals surface area contributed by atoms with Crippen LogP contribution in [0.25, 0.3) is 22.4 Å². The van der Waals surface area contributed by atoms with Gasteiger partial charge in [-0.25, -0.2) is 14.5 Å². The van der Waals surface area contributed by atoms with Crippen molar-refractivity contribution in [1.29, 1.82) is 0 Å². The van der Waals surface area contributed by atoms with Gasteiger partial charge in [0.15, 0.2) is 11.3 Å². The number of fused-ring (bicyclic) bond motifs is 3. The Kier molecular flexibility index (Phi) is 2.87. The second kappa shape index (κ2) is 4.81. The molecule has 4 rings (SSSR count). The standard InChI is InChI=1S/C17H17N5O/c1-10-11(2)22(13-5-7-14(23-4)8-6-13)16-15(10)17-19-12(3)20-21(17)9-18-16/h5-9H,1-4H3. The predicted molar refractivity (Wildman–Crippen MR) is 88.4 cm³/mol. The summed E-state index contributed by atoms with van der Waals surface area (Å²) in [5.74, 6) is 1.58. The Morgan fingerprint density at radius 2 is 1.74 bits per heavy atom. The molecule has 116 valence electrons. The molecule has 0 aliphatic carbocycles. The van der Waals surface area contributed by atoms with E-state index in [1.807, 2.05) is 31.2 Å². The molecule has 1 aromatic carbocycles. The van der Waals surface area contributed by atoms with Crippen LogP contribution in [0.3, 0.4) is 0 Å². The van der Waals surface area contributed by atoms with Crippen molar-refractivity contribution in [3.63, 3.8) is 0 Å². The van der Waals surface area contributed by atoms with Crippen LogP contribution < -0.4 is 4.74 Å². The van der Waals surface area contributed by atoms with Crippen LogP contribution in [-0.2, 0) is 0 Å². The Morgan fingerprint density at radius 1 is 1.00 bits per heavy atom. The summed E-state index contributed by atoms with van der Waals surface area (Å²) in [4.78, 5) is 9.17. The molecule has 0 N–H and O–H groups in total. The Labute approximate surface area is 133 Å².